The number of carbonyl (C=O) groups is 1. The summed E-state index contributed by atoms with van der Waals surface area (Å²) in [6, 6.07) is 11.5. The van der Waals surface area contributed by atoms with E-state index in [1.54, 1.807) is 0 Å². The molecule has 0 spiro atoms. The summed E-state index contributed by atoms with van der Waals surface area (Å²) in [6.07, 6.45) is 6.83. The van der Waals surface area contributed by atoms with Crippen molar-refractivity contribution >= 4 is 6.03 Å². The number of hydrogen-bond donors (Lipinski definition) is 0. The summed E-state index contributed by atoms with van der Waals surface area (Å²) in [7, 11) is 2.24. The Hall–Kier alpha value is -1.63. The van der Waals surface area contributed by atoms with Gasteiger partial charge in [0.15, 0.2) is 0 Å². The summed E-state index contributed by atoms with van der Waals surface area (Å²) in [5, 5.41) is 0. The van der Waals surface area contributed by atoms with Crippen LogP contribution in [0.3, 0.4) is 0 Å². The van der Waals surface area contributed by atoms with Gasteiger partial charge in [-0.15, -0.1) is 0 Å². The Labute approximate surface area is 199 Å². The minimum absolute atomic E-state index is 0.175. The quantitative estimate of drug-likeness (QED) is 0.678. The van der Waals surface area contributed by atoms with Crippen LogP contribution in [0.25, 0.3) is 0 Å². The van der Waals surface area contributed by atoms with Crippen molar-refractivity contribution in [2.24, 2.45) is 5.92 Å². The third-order valence-electron chi connectivity index (χ3n) is 8.91. The summed E-state index contributed by atoms with van der Waals surface area (Å²) in [5.74, 6) is 0.574. The van der Waals surface area contributed by atoms with Crippen molar-refractivity contribution in [1.29, 1.82) is 0 Å². The number of benzene rings is 1. The highest BCUT2D eigenvalue weighted by atomic mass is 16.5. The zero-order chi connectivity index (χ0) is 22.8. The van der Waals surface area contributed by atoms with Crippen LogP contribution in [-0.4, -0.2) is 96.7 Å². The predicted octanol–water partition coefficient (Wildman–Crippen LogP) is 3.84. The zero-order valence-corrected chi connectivity index (χ0v) is 20.6. The average molecular weight is 455 g/mol. The lowest BCUT2D eigenvalue weighted by molar-refractivity contribution is 0.00794. The third kappa shape index (κ3) is 4.94. The maximum absolute atomic E-state index is 13.7. The number of carbonyl (C=O) groups excluding carboxylic acids is 1. The lowest BCUT2D eigenvalue weighted by atomic mass is 9.85. The number of piperidine rings is 2. The van der Waals surface area contributed by atoms with E-state index in [1.807, 2.05) is 0 Å². The second kappa shape index (κ2) is 9.93. The van der Waals surface area contributed by atoms with Crippen LogP contribution in [0, 0.1) is 5.92 Å². The van der Waals surface area contributed by atoms with Crippen molar-refractivity contribution in [3.05, 3.63) is 35.9 Å². The molecule has 182 valence electrons. The summed E-state index contributed by atoms with van der Waals surface area (Å²) in [5.41, 5.74) is 1.60. The molecule has 1 aromatic rings. The van der Waals surface area contributed by atoms with Crippen LogP contribution < -0.4 is 0 Å². The number of amides is 2. The molecule has 0 aliphatic carbocycles. The van der Waals surface area contributed by atoms with E-state index < -0.39 is 0 Å². The van der Waals surface area contributed by atoms with Gasteiger partial charge in [-0.3, -0.25) is 4.90 Å². The molecule has 6 nitrogen and oxygen atoms in total. The first-order valence-corrected chi connectivity index (χ1v) is 13.2. The molecule has 6 heteroatoms. The van der Waals surface area contributed by atoms with Crippen molar-refractivity contribution in [3.8, 4) is 0 Å². The van der Waals surface area contributed by atoms with E-state index in [2.05, 4.69) is 63.9 Å². The van der Waals surface area contributed by atoms with Crippen molar-refractivity contribution in [2.75, 3.05) is 59.5 Å². The SMILES string of the molecule is CN1CCC(C)(N2CCC(N3C(=O)N(CC4CCOCC4)C[C@H]3c3ccccc3)CC2)CC1. The number of nitrogens with zero attached hydrogens (tertiary/aromatic N) is 4. The maximum Gasteiger partial charge on any atom is 0.320 e. The fraction of sp³-hybridized carbons (Fsp3) is 0.741. The van der Waals surface area contributed by atoms with Crippen molar-refractivity contribution in [2.45, 2.75) is 63.1 Å². The maximum atomic E-state index is 13.7. The monoisotopic (exact) mass is 454 g/mol. The average Bonchev–Trinajstić information content (AvgIpc) is 3.18. The van der Waals surface area contributed by atoms with Crippen LogP contribution in [0.5, 0.6) is 0 Å². The molecule has 2 amide bonds. The normalized spacial score (nSPS) is 28.5. The van der Waals surface area contributed by atoms with Gasteiger partial charge in [-0.1, -0.05) is 30.3 Å². The van der Waals surface area contributed by atoms with Crippen LogP contribution in [0.2, 0.25) is 0 Å². The first-order chi connectivity index (χ1) is 16.0. The van der Waals surface area contributed by atoms with Crippen LogP contribution in [0.15, 0.2) is 30.3 Å². The van der Waals surface area contributed by atoms with Crippen molar-refractivity contribution in [3.63, 3.8) is 0 Å². The van der Waals surface area contributed by atoms with Gasteiger partial charge in [0.1, 0.15) is 0 Å². The highest BCUT2D eigenvalue weighted by Gasteiger charge is 2.45. The third-order valence-corrected chi connectivity index (χ3v) is 8.91. The number of hydrogen-bond acceptors (Lipinski definition) is 4. The smallest absolute Gasteiger partial charge is 0.320 e. The Morgan fingerprint density at radius 2 is 1.64 bits per heavy atom. The molecule has 0 unspecified atom stereocenters. The Bertz CT molecular complexity index is 781. The molecule has 4 heterocycles. The van der Waals surface area contributed by atoms with Crippen molar-refractivity contribution in [1.82, 2.24) is 19.6 Å². The van der Waals surface area contributed by atoms with Crippen LogP contribution >= 0.6 is 0 Å². The summed E-state index contributed by atoms with van der Waals surface area (Å²) < 4.78 is 5.55. The molecule has 0 bridgehead atoms. The molecule has 0 radical (unpaired) electrons. The van der Waals surface area contributed by atoms with Gasteiger partial charge in [0, 0.05) is 51.0 Å². The first-order valence-electron chi connectivity index (χ1n) is 13.2. The topological polar surface area (TPSA) is 39.3 Å². The van der Waals surface area contributed by atoms with Crippen LogP contribution in [0.1, 0.15) is 57.1 Å². The molecule has 1 atom stereocenters. The fourth-order valence-corrected chi connectivity index (χ4v) is 6.52. The first kappa shape index (κ1) is 23.1. The van der Waals surface area contributed by atoms with Gasteiger partial charge in [0.05, 0.1) is 6.04 Å². The number of rotatable bonds is 5. The molecule has 4 fully saturated rings. The minimum Gasteiger partial charge on any atom is -0.381 e. The van der Waals surface area contributed by atoms with E-state index in [9.17, 15) is 4.79 Å². The molecule has 4 aliphatic heterocycles. The van der Waals surface area contributed by atoms with Crippen LogP contribution in [-0.2, 0) is 4.74 Å². The van der Waals surface area contributed by atoms with E-state index in [-0.39, 0.29) is 12.1 Å². The summed E-state index contributed by atoms with van der Waals surface area (Å²) in [6.45, 7) is 10.4. The van der Waals surface area contributed by atoms with E-state index >= 15 is 0 Å². The van der Waals surface area contributed by atoms with Gasteiger partial charge in [0.25, 0.3) is 0 Å². The summed E-state index contributed by atoms with van der Waals surface area (Å²) in [4.78, 5) is 23.3. The molecule has 4 aliphatic rings. The van der Waals surface area contributed by atoms with E-state index in [1.165, 1.54) is 31.5 Å². The molecule has 5 rings (SSSR count). The molecular weight excluding hydrogens is 412 g/mol. The Morgan fingerprint density at radius 1 is 0.970 bits per heavy atom. The molecule has 0 N–H and O–H groups in total. The van der Waals surface area contributed by atoms with Crippen molar-refractivity contribution < 1.29 is 9.53 Å². The second-order valence-corrected chi connectivity index (χ2v) is 11.1. The molecular formula is C27H42N4O2. The molecule has 33 heavy (non-hydrogen) atoms. The van der Waals surface area contributed by atoms with E-state index in [0.717, 1.165) is 65.1 Å². The van der Waals surface area contributed by atoms with E-state index in [0.29, 0.717) is 17.5 Å². The molecule has 1 aromatic carbocycles. The highest BCUT2D eigenvalue weighted by molar-refractivity contribution is 5.78. The lowest BCUT2D eigenvalue weighted by Crippen LogP contribution is -2.57. The Morgan fingerprint density at radius 3 is 2.30 bits per heavy atom. The Kier molecular flexibility index (Phi) is 6.96. The van der Waals surface area contributed by atoms with Crippen LogP contribution in [0.4, 0.5) is 4.79 Å². The van der Waals surface area contributed by atoms with Gasteiger partial charge < -0.3 is 19.4 Å². The Balaban J connectivity index is 1.28. The summed E-state index contributed by atoms with van der Waals surface area (Å²) >= 11 is 0. The molecule has 0 aromatic heterocycles. The lowest BCUT2D eigenvalue weighted by Gasteiger charge is -2.50. The van der Waals surface area contributed by atoms with Gasteiger partial charge in [-0.25, -0.2) is 4.79 Å². The van der Waals surface area contributed by atoms with Gasteiger partial charge in [-0.2, -0.15) is 0 Å². The number of urea groups is 1. The number of ether oxygens (including phenoxy) is 1. The second-order valence-electron chi connectivity index (χ2n) is 11.1. The number of likely N-dealkylation sites (tertiary alicyclic amines) is 2. The zero-order valence-electron chi connectivity index (χ0n) is 20.6. The predicted molar refractivity (Wildman–Crippen MR) is 131 cm³/mol. The van der Waals surface area contributed by atoms with Gasteiger partial charge in [-0.05, 0) is 77.1 Å². The standard InChI is InChI=1S/C27H42N4O2/c1-27(12-16-28(2)17-13-27)30-14-8-24(9-15-30)31-25(23-6-4-3-5-7-23)21-29(26(31)32)20-22-10-18-33-19-11-22/h3-7,22,24-25H,8-21H2,1-2H3/t25-/m0/s1. The molecule has 0 saturated carbocycles. The molecule has 4 saturated heterocycles. The van der Waals surface area contributed by atoms with Gasteiger partial charge in [0.2, 0.25) is 0 Å². The minimum atomic E-state index is 0.175. The largest absolute Gasteiger partial charge is 0.381 e. The fourth-order valence-electron chi connectivity index (χ4n) is 6.52. The van der Waals surface area contributed by atoms with Gasteiger partial charge >= 0.3 is 6.03 Å². The highest BCUT2D eigenvalue weighted by Crippen LogP contribution is 2.38. The van der Waals surface area contributed by atoms with E-state index in [4.69, 9.17) is 4.74 Å².